The number of hydrogen-bond donors (Lipinski definition) is 2. The van der Waals surface area contributed by atoms with Crippen LogP contribution in [0.5, 0.6) is 5.75 Å². The summed E-state index contributed by atoms with van der Waals surface area (Å²) < 4.78 is 36.0. The number of amides is 1. The summed E-state index contributed by atoms with van der Waals surface area (Å²) in [4.78, 5) is 26.0. The minimum Gasteiger partial charge on any atom is -0.494 e. The van der Waals surface area contributed by atoms with E-state index in [9.17, 15) is 13.2 Å². The van der Waals surface area contributed by atoms with Gasteiger partial charge in [-0.1, -0.05) is 18.2 Å². The summed E-state index contributed by atoms with van der Waals surface area (Å²) >= 11 is 0. The number of imidazole rings is 1. The van der Waals surface area contributed by atoms with Gasteiger partial charge in [0.05, 0.1) is 30.3 Å². The smallest absolute Gasteiger partial charge is 0.254 e. The van der Waals surface area contributed by atoms with Crippen molar-refractivity contribution in [2.75, 3.05) is 19.9 Å². The minimum absolute atomic E-state index is 0.0178. The summed E-state index contributed by atoms with van der Waals surface area (Å²) in [5.74, 6) is 2.32. The molecule has 0 spiro atoms. The van der Waals surface area contributed by atoms with E-state index in [2.05, 4.69) is 21.4 Å². The molecule has 0 unspecified atom stereocenters. The fourth-order valence-electron chi connectivity index (χ4n) is 7.54. The van der Waals surface area contributed by atoms with Crippen molar-refractivity contribution >= 4 is 38.0 Å². The number of aryl methyl sites for hydroxylation is 1. The lowest BCUT2D eigenvalue weighted by molar-refractivity contribution is 0.0700. The molecule has 3 atom stereocenters. The van der Waals surface area contributed by atoms with E-state index in [1.165, 1.54) is 12.8 Å². The van der Waals surface area contributed by atoms with E-state index in [1.54, 1.807) is 7.11 Å². The Morgan fingerprint density at radius 1 is 1.06 bits per heavy atom. The summed E-state index contributed by atoms with van der Waals surface area (Å²) in [5, 5.41) is 1.01. The van der Waals surface area contributed by atoms with Crippen LogP contribution in [0.3, 0.4) is 0 Å². The number of rotatable bonds is 9. The zero-order valence-electron chi connectivity index (χ0n) is 26.8. The predicted octanol–water partition coefficient (Wildman–Crippen LogP) is 4.29. The maximum Gasteiger partial charge on any atom is 0.254 e. The Morgan fingerprint density at radius 3 is 2.60 bits per heavy atom. The standard InChI is InChI=1S/C35H39N7O4S/c1-40-32-27(14-25(16-30(32)46-2)35(43)42-19-24-10-12-28(42)31(24)36)39-34(40)29-15-23-9-11-26(38-33(23)41(29)18-20-7-8-20)22-6-4-5-21(13-22)17-37-47(3,44)45/h4-6,9,11,13-16,20,24,28,31,37H,7-8,10,12,17-19,36H2,1-3H3/t24-,28-,31-/m1/s1. The molecule has 2 bridgehead atoms. The van der Waals surface area contributed by atoms with E-state index in [-0.39, 0.29) is 24.5 Å². The summed E-state index contributed by atoms with van der Waals surface area (Å²) in [5.41, 5.74) is 12.9. The number of methoxy groups -OCH3 is 1. The molecule has 1 amide bonds. The van der Waals surface area contributed by atoms with Gasteiger partial charge >= 0.3 is 0 Å². The number of fused-ring (bicyclic) bond motifs is 4. The monoisotopic (exact) mass is 653 g/mol. The molecule has 1 saturated heterocycles. The second-order valence-electron chi connectivity index (χ2n) is 13.5. The second-order valence-corrected chi connectivity index (χ2v) is 15.3. The van der Waals surface area contributed by atoms with Crippen molar-refractivity contribution < 1.29 is 17.9 Å². The number of ether oxygens (including phenoxy) is 1. The third-order valence-electron chi connectivity index (χ3n) is 10.2. The topological polar surface area (TPSA) is 137 Å². The van der Waals surface area contributed by atoms with E-state index >= 15 is 0 Å². The molecule has 2 aliphatic carbocycles. The highest BCUT2D eigenvalue weighted by molar-refractivity contribution is 7.88. The lowest BCUT2D eigenvalue weighted by atomic mass is 10.1. The first-order valence-corrected chi connectivity index (χ1v) is 18.1. The Labute approximate surface area is 273 Å². The van der Waals surface area contributed by atoms with Crippen LogP contribution in [-0.2, 0) is 30.2 Å². The van der Waals surface area contributed by atoms with E-state index in [0.717, 1.165) is 70.5 Å². The number of sulfonamides is 1. The lowest BCUT2D eigenvalue weighted by Gasteiger charge is -2.27. The molecule has 8 rings (SSSR count). The average Bonchev–Trinajstić information content (AvgIpc) is 3.46. The molecule has 5 aromatic rings. The highest BCUT2D eigenvalue weighted by atomic mass is 32.2. The average molecular weight is 654 g/mol. The van der Waals surface area contributed by atoms with Gasteiger partial charge in [0.2, 0.25) is 10.0 Å². The Bertz CT molecular complexity index is 2170. The molecule has 3 N–H and O–H groups in total. The molecule has 1 aliphatic heterocycles. The van der Waals surface area contributed by atoms with Gasteiger partial charge < -0.3 is 24.5 Å². The van der Waals surface area contributed by atoms with Crippen molar-refractivity contribution in [3.05, 3.63) is 65.7 Å². The molecule has 11 nitrogen and oxygen atoms in total. The number of likely N-dealkylation sites (tertiary alicyclic amines) is 1. The van der Waals surface area contributed by atoms with Crippen molar-refractivity contribution in [1.82, 2.24) is 28.7 Å². The maximum absolute atomic E-state index is 13.7. The molecule has 2 saturated carbocycles. The van der Waals surface area contributed by atoms with Gasteiger partial charge in [-0.2, -0.15) is 0 Å². The summed E-state index contributed by atoms with van der Waals surface area (Å²) in [6.45, 7) is 1.75. The molecule has 244 valence electrons. The number of nitrogens with zero attached hydrogens (tertiary/aromatic N) is 5. The van der Waals surface area contributed by atoms with Crippen LogP contribution in [0, 0.1) is 11.8 Å². The highest BCUT2D eigenvalue weighted by Gasteiger charge is 2.47. The third-order valence-corrected chi connectivity index (χ3v) is 10.9. The zero-order chi connectivity index (χ0) is 32.6. The molecule has 3 aromatic heterocycles. The van der Waals surface area contributed by atoms with Crippen LogP contribution >= 0.6 is 0 Å². The number of benzene rings is 2. The fraction of sp³-hybridized carbons (Fsp3) is 0.400. The molecular weight excluding hydrogens is 614 g/mol. The lowest BCUT2D eigenvalue weighted by Crippen LogP contribution is -2.41. The predicted molar refractivity (Wildman–Crippen MR) is 181 cm³/mol. The van der Waals surface area contributed by atoms with Gasteiger partial charge in [0, 0.05) is 55.3 Å². The van der Waals surface area contributed by atoms with Crippen molar-refractivity contribution in [3.8, 4) is 28.5 Å². The molecule has 2 aromatic carbocycles. The minimum atomic E-state index is -3.30. The van der Waals surface area contributed by atoms with E-state index in [1.807, 2.05) is 59.0 Å². The number of carbonyl (C=O) groups excluding carboxylic acids is 1. The van der Waals surface area contributed by atoms with Gasteiger partial charge in [-0.15, -0.1) is 0 Å². The van der Waals surface area contributed by atoms with Crippen LogP contribution in [0.1, 0.15) is 41.6 Å². The SMILES string of the molecule is COc1cc(C(=O)N2C[C@H]3CC[C@@H]2[C@@H]3N)cc2nc(-c3cc4ccc(-c5cccc(CNS(C)(=O)=O)c5)nc4n3CC3CC3)n(C)c12. The van der Waals surface area contributed by atoms with Gasteiger partial charge in [0.1, 0.15) is 16.9 Å². The molecule has 4 heterocycles. The summed E-state index contributed by atoms with van der Waals surface area (Å²) in [6.07, 6.45) is 5.56. The number of nitrogens with one attached hydrogen (secondary N) is 1. The van der Waals surface area contributed by atoms with Crippen molar-refractivity contribution in [2.45, 2.75) is 50.9 Å². The number of pyridine rings is 1. The van der Waals surface area contributed by atoms with E-state index in [0.29, 0.717) is 35.2 Å². The van der Waals surface area contributed by atoms with Crippen LogP contribution in [0.25, 0.3) is 44.8 Å². The van der Waals surface area contributed by atoms with Crippen molar-refractivity contribution in [1.29, 1.82) is 0 Å². The first-order chi connectivity index (χ1) is 22.6. The number of hydrogen-bond acceptors (Lipinski definition) is 7. The van der Waals surface area contributed by atoms with Crippen LogP contribution in [0.2, 0.25) is 0 Å². The Morgan fingerprint density at radius 2 is 1.89 bits per heavy atom. The Hall–Kier alpha value is -4.26. The van der Waals surface area contributed by atoms with Gasteiger partial charge in [0.15, 0.2) is 5.82 Å². The normalized spacial score (nSPS) is 20.9. The van der Waals surface area contributed by atoms with Gasteiger partial charge in [-0.25, -0.2) is 23.1 Å². The molecule has 47 heavy (non-hydrogen) atoms. The first-order valence-electron chi connectivity index (χ1n) is 16.2. The van der Waals surface area contributed by atoms with Gasteiger partial charge in [-0.3, -0.25) is 4.79 Å². The molecule has 3 aliphatic rings. The molecular formula is C35H39N7O4S. The Balaban J connectivity index is 1.19. The van der Waals surface area contributed by atoms with Crippen LogP contribution in [-0.4, -0.2) is 70.3 Å². The largest absolute Gasteiger partial charge is 0.494 e. The highest BCUT2D eigenvalue weighted by Crippen LogP contribution is 2.40. The quantitative estimate of drug-likeness (QED) is 0.242. The van der Waals surface area contributed by atoms with Crippen LogP contribution in [0.15, 0.2) is 54.6 Å². The number of aromatic nitrogens is 4. The van der Waals surface area contributed by atoms with Gasteiger partial charge in [0.25, 0.3) is 5.91 Å². The Kier molecular flexibility index (Phi) is 7.16. The number of nitrogens with two attached hydrogens (primary N) is 1. The van der Waals surface area contributed by atoms with Crippen molar-refractivity contribution in [2.24, 2.45) is 24.6 Å². The zero-order valence-corrected chi connectivity index (χ0v) is 27.6. The molecule has 3 fully saturated rings. The maximum atomic E-state index is 13.7. The first kappa shape index (κ1) is 30.1. The third kappa shape index (κ3) is 5.38. The fourth-order valence-corrected chi connectivity index (χ4v) is 7.97. The van der Waals surface area contributed by atoms with E-state index < -0.39 is 10.0 Å². The number of piperidine rings is 1. The van der Waals surface area contributed by atoms with Crippen LogP contribution in [0.4, 0.5) is 0 Å². The summed E-state index contributed by atoms with van der Waals surface area (Å²) in [7, 11) is 0.313. The molecule has 12 heteroatoms. The summed E-state index contributed by atoms with van der Waals surface area (Å²) in [6, 6.07) is 17.9. The number of carbonyl (C=O) groups is 1. The van der Waals surface area contributed by atoms with E-state index in [4.69, 9.17) is 20.4 Å². The molecule has 0 radical (unpaired) electrons. The van der Waals surface area contributed by atoms with Crippen molar-refractivity contribution in [3.63, 3.8) is 0 Å². The second kappa shape index (κ2) is 11.2. The van der Waals surface area contributed by atoms with Gasteiger partial charge in [-0.05, 0) is 79.5 Å². The van der Waals surface area contributed by atoms with Crippen LogP contribution < -0.4 is 15.2 Å².